The van der Waals surface area contributed by atoms with Gasteiger partial charge in [-0.25, -0.2) is 4.98 Å². The van der Waals surface area contributed by atoms with Crippen LogP contribution in [0.5, 0.6) is 17.6 Å². The maximum Gasteiger partial charge on any atom is 0.419 e. The SMILES string of the molecule is CCCOc1nc(Oc2ccccc2C(F)(F)F)nc2oc(-c3cccc(-c4cc5ccccc5[nH]4)c3)nc12.c1ccncc1. The molecule has 0 fully saturated rings. The van der Waals surface area contributed by atoms with Crippen LogP contribution >= 0.6 is 0 Å². The summed E-state index contributed by atoms with van der Waals surface area (Å²) in [5.74, 6) is -0.119. The Morgan fingerprint density at radius 1 is 0.800 bits per heavy atom. The molecule has 8 nitrogen and oxygen atoms in total. The van der Waals surface area contributed by atoms with Crippen molar-refractivity contribution in [2.45, 2.75) is 19.5 Å². The van der Waals surface area contributed by atoms with Gasteiger partial charge in [-0.1, -0.05) is 55.5 Å². The number of nitrogens with one attached hydrogen (secondary N) is 1. The number of H-pyrrole nitrogens is 1. The molecule has 4 heterocycles. The first-order valence-corrected chi connectivity index (χ1v) is 14.1. The number of aromatic nitrogens is 5. The Balaban J connectivity index is 0.000000535. The standard InChI is InChI=1S/C29H21F3N4O3.C5H5N/c1-2-14-37-26-24-27(36-28(35-26)38-23-13-6-4-11-20(23)29(30,31)32)39-25(34-24)19-10-7-9-17(15-19)22-16-18-8-3-5-12-21(18)33-22;1-2-4-6-5-3-1/h3-13,15-16,33H,2,14H2,1H3;1-5H. The lowest BCUT2D eigenvalue weighted by atomic mass is 10.1. The van der Waals surface area contributed by atoms with Gasteiger partial charge in [0.05, 0.1) is 12.2 Å². The van der Waals surface area contributed by atoms with Crippen molar-refractivity contribution in [3.63, 3.8) is 0 Å². The summed E-state index contributed by atoms with van der Waals surface area (Å²) >= 11 is 0. The number of hydrogen-bond acceptors (Lipinski definition) is 7. The largest absolute Gasteiger partial charge is 0.476 e. The quantitative estimate of drug-likeness (QED) is 0.192. The van der Waals surface area contributed by atoms with E-state index >= 15 is 0 Å². The lowest BCUT2D eigenvalue weighted by molar-refractivity contribution is -0.138. The van der Waals surface area contributed by atoms with Crippen LogP contribution in [-0.4, -0.2) is 31.5 Å². The van der Waals surface area contributed by atoms with Crippen LogP contribution in [0.4, 0.5) is 13.2 Å². The van der Waals surface area contributed by atoms with Gasteiger partial charge in [0.15, 0.2) is 5.52 Å². The number of fused-ring (bicyclic) bond motifs is 2. The zero-order chi connectivity index (χ0) is 31.2. The van der Waals surface area contributed by atoms with Gasteiger partial charge in [-0.15, -0.1) is 0 Å². The molecule has 0 unspecified atom stereocenters. The molecule has 45 heavy (non-hydrogen) atoms. The van der Waals surface area contributed by atoms with Crippen LogP contribution in [0.1, 0.15) is 18.9 Å². The predicted molar refractivity (Wildman–Crippen MR) is 164 cm³/mol. The minimum atomic E-state index is -4.61. The normalized spacial score (nSPS) is 11.3. The summed E-state index contributed by atoms with van der Waals surface area (Å²) in [6.45, 7) is 2.22. The molecule has 226 valence electrons. The van der Waals surface area contributed by atoms with Crippen LogP contribution in [0.25, 0.3) is 44.8 Å². The van der Waals surface area contributed by atoms with Gasteiger partial charge >= 0.3 is 12.2 Å². The molecule has 3 aromatic carbocycles. The van der Waals surface area contributed by atoms with Gasteiger partial charge in [0, 0.05) is 34.6 Å². The van der Waals surface area contributed by atoms with Gasteiger partial charge in [0.25, 0.3) is 11.6 Å². The van der Waals surface area contributed by atoms with E-state index in [1.165, 1.54) is 18.2 Å². The lowest BCUT2D eigenvalue weighted by Gasteiger charge is -2.12. The highest BCUT2D eigenvalue weighted by Crippen LogP contribution is 2.38. The second kappa shape index (κ2) is 12.9. The summed E-state index contributed by atoms with van der Waals surface area (Å²) in [6.07, 6.45) is -0.437. The van der Waals surface area contributed by atoms with E-state index in [9.17, 15) is 13.2 Å². The number of aromatic amines is 1. The number of benzene rings is 3. The van der Waals surface area contributed by atoms with Gasteiger partial charge in [-0.2, -0.15) is 23.1 Å². The van der Waals surface area contributed by atoms with Crippen LogP contribution < -0.4 is 9.47 Å². The molecular formula is C34H26F3N5O3. The number of rotatable bonds is 7. The number of nitrogens with zero attached hydrogens (tertiary/aromatic N) is 4. The average Bonchev–Trinajstić information content (AvgIpc) is 3.70. The zero-order valence-corrected chi connectivity index (χ0v) is 24.0. The summed E-state index contributed by atoms with van der Waals surface area (Å²) < 4.78 is 57.6. The van der Waals surface area contributed by atoms with Crippen LogP contribution in [0.15, 0.2) is 114 Å². The molecule has 0 saturated heterocycles. The molecule has 4 aromatic heterocycles. The molecule has 0 aliphatic carbocycles. The monoisotopic (exact) mass is 609 g/mol. The second-order valence-corrected chi connectivity index (χ2v) is 9.80. The Bertz CT molecular complexity index is 1980. The van der Waals surface area contributed by atoms with Crippen LogP contribution in [-0.2, 0) is 6.18 Å². The summed E-state index contributed by atoms with van der Waals surface area (Å²) in [5, 5.41) is 1.09. The Morgan fingerprint density at radius 3 is 2.31 bits per heavy atom. The first-order valence-electron chi connectivity index (χ1n) is 14.1. The van der Waals surface area contributed by atoms with Crippen molar-refractivity contribution >= 4 is 22.1 Å². The summed E-state index contributed by atoms with van der Waals surface area (Å²) in [5.41, 5.74) is 2.87. The maximum atomic E-state index is 13.5. The summed E-state index contributed by atoms with van der Waals surface area (Å²) in [4.78, 5) is 20.2. The fourth-order valence-electron chi connectivity index (χ4n) is 4.50. The highest BCUT2D eigenvalue weighted by atomic mass is 19.4. The topological polar surface area (TPSA) is 99.0 Å². The smallest absolute Gasteiger partial charge is 0.419 e. The van der Waals surface area contributed by atoms with Crippen molar-refractivity contribution in [2.75, 3.05) is 6.61 Å². The van der Waals surface area contributed by atoms with Crippen molar-refractivity contribution < 1.29 is 27.1 Å². The van der Waals surface area contributed by atoms with Gasteiger partial charge < -0.3 is 18.9 Å². The number of ether oxygens (including phenoxy) is 2. The van der Waals surface area contributed by atoms with E-state index in [-0.39, 0.29) is 29.0 Å². The zero-order valence-electron chi connectivity index (χ0n) is 24.0. The molecule has 1 N–H and O–H groups in total. The Morgan fingerprint density at radius 2 is 1.58 bits per heavy atom. The molecule has 0 amide bonds. The average molecular weight is 610 g/mol. The molecule has 0 bridgehead atoms. The van der Waals surface area contributed by atoms with E-state index in [1.54, 1.807) is 12.4 Å². The Kier molecular flexibility index (Phi) is 8.41. The first kappa shape index (κ1) is 29.4. The van der Waals surface area contributed by atoms with Crippen molar-refractivity contribution in [1.82, 2.24) is 24.9 Å². The number of hydrogen-bond donors (Lipinski definition) is 1. The van der Waals surface area contributed by atoms with Gasteiger partial charge in [-0.3, -0.25) is 4.98 Å². The number of oxazole rings is 1. The third-order valence-electron chi connectivity index (χ3n) is 6.56. The molecule has 0 aliphatic rings. The van der Waals surface area contributed by atoms with Gasteiger partial charge in [0.2, 0.25) is 5.89 Å². The molecule has 0 spiro atoms. The molecule has 11 heteroatoms. The first-order chi connectivity index (χ1) is 21.9. The van der Waals surface area contributed by atoms with Crippen molar-refractivity contribution in [1.29, 1.82) is 0 Å². The third-order valence-corrected chi connectivity index (χ3v) is 6.56. The molecule has 0 aliphatic heterocycles. The minimum Gasteiger partial charge on any atom is -0.476 e. The van der Waals surface area contributed by atoms with E-state index in [0.29, 0.717) is 18.6 Å². The summed E-state index contributed by atoms with van der Waals surface area (Å²) in [7, 11) is 0. The molecule has 7 rings (SSSR count). The van der Waals surface area contributed by atoms with Crippen molar-refractivity contribution in [3.05, 3.63) is 115 Å². The molecule has 0 saturated carbocycles. The van der Waals surface area contributed by atoms with Gasteiger partial charge in [0.1, 0.15) is 5.75 Å². The van der Waals surface area contributed by atoms with E-state index < -0.39 is 17.5 Å². The minimum absolute atomic E-state index is 0.0293. The fraction of sp³-hybridized carbons (Fsp3) is 0.118. The lowest BCUT2D eigenvalue weighted by Crippen LogP contribution is -2.08. The summed E-state index contributed by atoms with van der Waals surface area (Å²) in [6, 6.07) is 27.9. The molecule has 0 atom stereocenters. The van der Waals surface area contributed by atoms with Crippen LogP contribution in [0.3, 0.4) is 0 Å². The number of para-hydroxylation sites is 2. The van der Waals surface area contributed by atoms with E-state index in [1.807, 2.05) is 73.7 Å². The van der Waals surface area contributed by atoms with Crippen molar-refractivity contribution in [3.8, 4) is 40.4 Å². The van der Waals surface area contributed by atoms with E-state index in [0.717, 1.165) is 28.2 Å². The maximum absolute atomic E-state index is 13.5. The molecule has 7 aromatic rings. The number of pyridine rings is 1. The van der Waals surface area contributed by atoms with Crippen LogP contribution in [0, 0.1) is 0 Å². The number of halogens is 3. The van der Waals surface area contributed by atoms with E-state index in [2.05, 4.69) is 31.0 Å². The second-order valence-electron chi connectivity index (χ2n) is 9.80. The number of alkyl halides is 3. The molecule has 0 radical (unpaired) electrons. The van der Waals surface area contributed by atoms with Crippen LogP contribution in [0.2, 0.25) is 0 Å². The Labute approximate surface area is 255 Å². The van der Waals surface area contributed by atoms with E-state index in [4.69, 9.17) is 13.9 Å². The van der Waals surface area contributed by atoms with Crippen molar-refractivity contribution in [2.24, 2.45) is 0 Å². The predicted octanol–water partition coefficient (Wildman–Crippen LogP) is 9.11. The highest BCUT2D eigenvalue weighted by molar-refractivity contribution is 5.86. The highest BCUT2D eigenvalue weighted by Gasteiger charge is 2.34. The third kappa shape index (κ3) is 6.77. The fourth-order valence-corrected chi connectivity index (χ4v) is 4.50. The molecular weight excluding hydrogens is 583 g/mol. The Hall–Kier alpha value is -5.71. The van der Waals surface area contributed by atoms with Gasteiger partial charge in [-0.05, 0) is 60.5 Å².